The summed E-state index contributed by atoms with van der Waals surface area (Å²) in [6.45, 7) is 7.16. The summed E-state index contributed by atoms with van der Waals surface area (Å²) >= 11 is 5.23. The average Bonchev–Trinajstić information content (AvgIpc) is 2.71. The molecular weight excluding hydrogens is 210 g/mol. The molecule has 0 radical (unpaired) electrons. The van der Waals surface area contributed by atoms with Gasteiger partial charge in [-0.05, 0) is 39.4 Å². The Labute approximate surface area is 94.6 Å². The molecule has 2 rings (SSSR count). The molecule has 1 saturated heterocycles. The molecule has 1 fully saturated rings. The van der Waals surface area contributed by atoms with Crippen LogP contribution in [0.2, 0.25) is 0 Å². The molecule has 0 spiro atoms. The molecule has 1 aliphatic heterocycles. The molecule has 0 aliphatic carbocycles. The van der Waals surface area contributed by atoms with Crippen molar-refractivity contribution < 1.29 is 4.74 Å². The van der Waals surface area contributed by atoms with Crippen molar-refractivity contribution in [1.82, 2.24) is 14.8 Å². The van der Waals surface area contributed by atoms with E-state index in [-0.39, 0.29) is 6.10 Å². The van der Waals surface area contributed by atoms with E-state index in [4.69, 9.17) is 17.0 Å². The van der Waals surface area contributed by atoms with Gasteiger partial charge in [-0.15, -0.1) is 0 Å². The third kappa shape index (κ3) is 1.86. The zero-order chi connectivity index (χ0) is 11.0. The first-order valence-electron chi connectivity index (χ1n) is 5.39. The van der Waals surface area contributed by atoms with E-state index in [0.717, 1.165) is 18.9 Å². The summed E-state index contributed by atoms with van der Waals surface area (Å²) in [5.74, 6) is 1.42. The van der Waals surface area contributed by atoms with Gasteiger partial charge in [-0.1, -0.05) is 0 Å². The second-order valence-corrected chi connectivity index (χ2v) is 4.71. The topological polar surface area (TPSA) is 42.8 Å². The van der Waals surface area contributed by atoms with Gasteiger partial charge < -0.3 is 9.30 Å². The Morgan fingerprint density at radius 3 is 2.87 bits per heavy atom. The number of aromatic nitrogens is 3. The third-order valence-electron chi connectivity index (χ3n) is 2.96. The molecule has 1 aromatic rings. The van der Waals surface area contributed by atoms with Crippen LogP contribution in [0.15, 0.2) is 0 Å². The van der Waals surface area contributed by atoms with E-state index in [2.05, 4.69) is 35.5 Å². The molecule has 0 saturated carbocycles. The summed E-state index contributed by atoms with van der Waals surface area (Å²) in [5, 5.41) is 7.21. The fourth-order valence-corrected chi connectivity index (χ4v) is 2.50. The van der Waals surface area contributed by atoms with Gasteiger partial charge in [-0.25, -0.2) is 0 Å². The fourth-order valence-electron chi connectivity index (χ4n) is 2.15. The Morgan fingerprint density at radius 1 is 1.60 bits per heavy atom. The third-order valence-corrected chi connectivity index (χ3v) is 3.24. The number of ether oxygens (including phenoxy) is 1. The molecule has 0 aromatic carbocycles. The predicted molar refractivity (Wildman–Crippen MR) is 60.6 cm³/mol. The van der Waals surface area contributed by atoms with Gasteiger partial charge in [0.25, 0.3) is 0 Å². The standard InChI is InChI=1S/C10H17N3OS/c1-6(2)13-9(11-12-10(13)15)8-4-5-14-7(8)3/h6-8H,4-5H2,1-3H3,(H,12,15). The minimum absolute atomic E-state index is 0.243. The SMILES string of the molecule is CC1OCCC1c1n[nH]c(=S)n1C(C)C. The van der Waals surface area contributed by atoms with Crippen LogP contribution in [0, 0.1) is 4.77 Å². The van der Waals surface area contributed by atoms with Crippen LogP contribution >= 0.6 is 12.2 Å². The first kappa shape index (κ1) is 10.8. The highest BCUT2D eigenvalue weighted by molar-refractivity contribution is 7.71. The summed E-state index contributed by atoms with van der Waals surface area (Å²) in [7, 11) is 0. The van der Waals surface area contributed by atoms with Crippen molar-refractivity contribution in [2.24, 2.45) is 0 Å². The first-order valence-corrected chi connectivity index (χ1v) is 5.80. The highest BCUT2D eigenvalue weighted by atomic mass is 32.1. The van der Waals surface area contributed by atoms with Crippen molar-refractivity contribution in [2.75, 3.05) is 6.61 Å². The second-order valence-electron chi connectivity index (χ2n) is 4.32. The Balaban J connectivity index is 2.39. The lowest BCUT2D eigenvalue weighted by atomic mass is 10.0. The van der Waals surface area contributed by atoms with E-state index in [0.29, 0.717) is 16.7 Å². The second kappa shape index (κ2) is 4.06. The van der Waals surface area contributed by atoms with Gasteiger partial charge in [-0.3, -0.25) is 5.10 Å². The normalized spacial score (nSPS) is 26.4. The average molecular weight is 227 g/mol. The summed E-state index contributed by atoms with van der Waals surface area (Å²) in [5.41, 5.74) is 0. The molecule has 0 bridgehead atoms. The Kier molecular flexibility index (Phi) is 2.93. The summed E-state index contributed by atoms with van der Waals surface area (Å²) in [4.78, 5) is 0. The van der Waals surface area contributed by atoms with E-state index in [1.165, 1.54) is 0 Å². The maximum atomic E-state index is 5.56. The van der Waals surface area contributed by atoms with E-state index in [1.54, 1.807) is 0 Å². The summed E-state index contributed by atoms with van der Waals surface area (Å²) in [6, 6.07) is 0.346. The largest absolute Gasteiger partial charge is 0.378 e. The molecule has 0 amide bonds. The van der Waals surface area contributed by atoms with Gasteiger partial charge in [0.1, 0.15) is 5.82 Å². The molecule has 1 aliphatic rings. The van der Waals surface area contributed by atoms with Crippen molar-refractivity contribution >= 4 is 12.2 Å². The lowest BCUT2D eigenvalue weighted by Gasteiger charge is -2.17. The number of hydrogen-bond acceptors (Lipinski definition) is 3. The van der Waals surface area contributed by atoms with Gasteiger partial charge in [0.2, 0.25) is 0 Å². The minimum Gasteiger partial charge on any atom is -0.378 e. The zero-order valence-corrected chi connectivity index (χ0v) is 10.2. The number of nitrogens with one attached hydrogen (secondary N) is 1. The quantitative estimate of drug-likeness (QED) is 0.789. The number of H-pyrrole nitrogens is 1. The van der Waals surface area contributed by atoms with Crippen molar-refractivity contribution in [3.63, 3.8) is 0 Å². The van der Waals surface area contributed by atoms with Crippen LogP contribution in [-0.2, 0) is 4.74 Å². The highest BCUT2D eigenvalue weighted by Gasteiger charge is 2.30. The van der Waals surface area contributed by atoms with Crippen molar-refractivity contribution in [2.45, 2.75) is 45.3 Å². The molecule has 15 heavy (non-hydrogen) atoms. The van der Waals surface area contributed by atoms with Gasteiger partial charge in [0, 0.05) is 18.6 Å². The van der Waals surface area contributed by atoms with Gasteiger partial charge in [0.05, 0.1) is 6.10 Å². The van der Waals surface area contributed by atoms with Crippen molar-refractivity contribution in [3.05, 3.63) is 10.6 Å². The Bertz CT molecular complexity index is 396. The molecule has 2 heterocycles. The minimum atomic E-state index is 0.243. The van der Waals surface area contributed by atoms with Crippen LogP contribution in [0.4, 0.5) is 0 Å². The van der Waals surface area contributed by atoms with Crippen LogP contribution < -0.4 is 0 Å². The van der Waals surface area contributed by atoms with Gasteiger partial charge >= 0.3 is 0 Å². The summed E-state index contributed by atoms with van der Waals surface area (Å²) < 4.78 is 8.36. The van der Waals surface area contributed by atoms with Crippen LogP contribution in [0.3, 0.4) is 0 Å². The van der Waals surface area contributed by atoms with Crippen molar-refractivity contribution in [3.8, 4) is 0 Å². The number of nitrogens with zero attached hydrogens (tertiary/aromatic N) is 2. The molecule has 2 unspecified atom stereocenters. The number of hydrogen-bond donors (Lipinski definition) is 1. The van der Waals surface area contributed by atoms with Crippen LogP contribution in [0.25, 0.3) is 0 Å². The monoisotopic (exact) mass is 227 g/mol. The van der Waals surface area contributed by atoms with Crippen LogP contribution in [0.1, 0.15) is 45.0 Å². The highest BCUT2D eigenvalue weighted by Crippen LogP contribution is 2.30. The van der Waals surface area contributed by atoms with E-state index < -0.39 is 0 Å². The molecule has 2 atom stereocenters. The molecular formula is C10H17N3OS. The maximum absolute atomic E-state index is 5.56. The van der Waals surface area contributed by atoms with Crippen LogP contribution in [0.5, 0.6) is 0 Å². The van der Waals surface area contributed by atoms with Gasteiger partial charge in [0.15, 0.2) is 4.77 Å². The Hall–Kier alpha value is -0.680. The van der Waals surface area contributed by atoms with Crippen molar-refractivity contribution in [1.29, 1.82) is 0 Å². The molecule has 84 valence electrons. The number of rotatable bonds is 2. The van der Waals surface area contributed by atoms with E-state index >= 15 is 0 Å². The molecule has 1 aromatic heterocycles. The zero-order valence-electron chi connectivity index (χ0n) is 9.36. The Morgan fingerprint density at radius 2 is 2.33 bits per heavy atom. The van der Waals surface area contributed by atoms with Crippen LogP contribution in [-0.4, -0.2) is 27.5 Å². The number of aromatic amines is 1. The fraction of sp³-hybridized carbons (Fsp3) is 0.800. The lowest BCUT2D eigenvalue weighted by molar-refractivity contribution is 0.116. The molecule has 5 heteroatoms. The molecule has 1 N–H and O–H groups in total. The van der Waals surface area contributed by atoms with Gasteiger partial charge in [-0.2, -0.15) is 5.10 Å². The lowest BCUT2D eigenvalue weighted by Crippen LogP contribution is -2.16. The first-order chi connectivity index (χ1) is 7.11. The van der Waals surface area contributed by atoms with E-state index in [9.17, 15) is 0 Å². The predicted octanol–water partition coefficient (Wildman–Crippen LogP) is 2.41. The summed E-state index contributed by atoms with van der Waals surface area (Å²) in [6.07, 6.45) is 1.28. The molecule has 4 nitrogen and oxygen atoms in total. The smallest absolute Gasteiger partial charge is 0.195 e. The maximum Gasteiger partial charge on any atom is 0.195 e. The van der Waals surface area contributed by atoms with E-state index in [1.807, 2.05) is 0 Å².